The van der Waals surface area contributed by atoms with Gasteiger partial charge < -0.3 is 14.7 Å². The molecule has 4 rings (SSSR count). The lowest BCUT2D eigenvalue weighted by atomic mass is 10.1. The molecule has 144 valence electrons. The molecule has 0 radical (unpaired) electrons. The van der Waals surface area contributed by atoms with Gasteiger partial charge in [0.15, 0.2) is 0 Å². The van der Waals surface area contributed by atoms with Crippen molar-refractivity contribution in [3.63, 3.8) is 0 Å². The zero-order valence-electron chi connectivity index (χ0n) is 15.8. The summed E-state index contributed by atoms with van der Waals surface area (Å²) in [6, 6.07) is 9.91. The molecule has 3 fully saturated rings. The lowest BCUT2D eigenvalue weighted by Crippen LogP contribution is -2.52. The minimum atomic E-state index is -0.269. The number of carbonyl (C=O) groups is 3. The van der Waals surface area contributed by atoms with Crippen LogP contribution in [-0.2, 0) is 14.4 Å². The molecule has 0 bridgehead atoms. The van der Waals surface area contributed by atoms with E-state index in [1.165, 1.54) is 0 Å². The Bertz CT molecular complexity index is 723. The summed E-state index contributed by atoms with van der Waals surface area (Å²) in [5.41, 5.74) is 1.09. The Kier molecular flexibility index (Phi) is 4.89. The van der Waals surface area contributed by atoms with Gasteiger partial charge in [-0.1, -0.05) is 30.3 Å². The molecule has 3 amide bonds. The molecule has 1 aromatic rings. The minimum absolute atomic E-state index is 0.0236. The second-order valence-electron chi connectivity index (χ2n) is 7.96. The van der Waals surface area contributed by atoms with Crippen LogP contribution >= 0.6 is 0 Å². The molecule has 6 nitrogen and oxygen atoms in total. The van der Waals surface area contributed by atoms with Gasteiger partial charge >= 0.3 is 0 Å². The van der Waals surface area contributed by atoms with Gasteiger partial charge in [0.1, 0.15) is 0 Å². The highest BCUT2D eigenvalue weighted by Crippen LogP contribution is 2.32. The summed E-state index contributed by atoms with van der Waals surface area (Å²) in [7, 11) is 0. The maximum Gasteiger partial charge on any atom is 0.228 e. The third kappa shape index (κ3) is 3.70. The molecule has 0 aromatic heterocycles. The van der Waals surface area contributed by atoms with Gasteiger partial charge in [-0.25, -0.2) is 0 Å². The van der Waals surface area contributed by atoms with E-state index in [0.717, 1.165) is 18.4 Å². The topological polar surface area (TPSA) is 60.9 Å². The highest BCUT2D eigenvalue weighted by Gasteiger charge is 2.40. The standard InChI is InChI=1S/C21H27N3O3/c1-15(16-5-3-2-4-6-16)24-14-18(13-19(24)25)21(27)23-11-9-22(10-12-23)20(26)17-7-8-17/h2-6,15,17-18H,7-14H2,1H3/t15-,18+/m0/s1. The van der Waals surface area contributed by atoms with E-state index < -0.39 is 0 Å². The van der Waals surface area contributed by atoms with Crippen LogP contribution in [0.4, 0.5) is 0 Å². The van der Waals surface area contributed by atoms with Crippen molar-refractivity contribution >= 4 is 17.7 Å². The van der Waals surface area contributed by atoms with Crippen molar-refractivity contribution in [3.05, 3.63) is 35.9 Å². The predicted molar refractivity (Wildman–Crippen MR) is 101 cm³/mol. The van der Waals surface area contributed by atoms with Gasteiger partial charge in [-0.2, -0.15) is 0 Å². The molecule has 0 unspecified atom stereocenters. The SMILES string of the molecule is C[C@@H](c1ccccc1)N1C[C@H](C(=O)N2CCN(C(=O)C3CC3)CC2)CC1=O. The Balaban J connectivity index is 1.33. The number of likely N-dealkylation sites (tertiary alicyclic amines) is 1. The van der Waals surface area contributed by atoms with Crippen LogP contribution in [0.25, 0.3) is 0 Å². The molecule has 3 aliphatic rings. The van der Waals surface area contributed by atoms with E-state index in [9.17, 15) is 14.4 Å². The van der Waals surface area contributed by atoms with Crippen LogP contribution in [-0.4, -0.2) is 65.1 Å². The van der Waals surface area contributed by atoms with Crippen molar-refractivity contribution in [2.75, 3.05) is 32.7 Å². The number of nitrogens with zero attached hydrogens (tertiary/aromatic N) is 3. The largest absolute Gasteiger partial charge is 0.339 e. The van der Waals surface area contributed by atoms with Crippen LogP contribution in [0.15, 0.2) is 30.3 Å². The van der Waals surface area contributed by atoms with Gasteiger partial charge in [0.2, 0.25) is 17.7 Å². The number of amides is 3. The minimum Gasteiger partial charge on any atom is -0.339 e. The first kappa shape index (κ1) is 18.0. The fourth-order valence-electron chi connectivity index (χ4n) is 4.18. The number of carbonyl (C=O) groups excluding carboxylic acids is 3. The summed E-state index contributed by atoms with van der Waals surface area (Å²) in [4.78, 5) is 43.1. The monoisotopic (exact) mass is 369 g/mol. The normalized spacial score (nSPS) is 24.3. The number of hydrogen-bond donors (Lipinski definition) is 0. The average molecular weight is 369 g/mol. The quantitative estimate of drug-likeness (QED) is 0.811. The molecule has 1 saturated carbocycles. The molecule has 6 heteroatoms. The smallest absolute Gasteiger partial charge is 0.228 e. The van der Waals surface area contributed by atoms with Gasteiger partial charge in [-0.15, -0.1) is 0 Å². The van der Waals surface area contributed by atoms with Gasteiger partial charge in [0.05, 0.1) is 12.0 Å². The number of benzene rings is 1. The van der Waals surface area contributed by atoms with Gasteiger partial charge in [-0.05, 0) is 25.3 Å². The van der Waals surface area contributed by atoms with Crippen LogP contribution in [0.3, 0.4) is 0 Å². The molecule has 2 aliphatic heterocycles. The number of hydrogen-bond acceptors (Lipinski definition) is 3. The molecule has 0 N–H and O–H groups in total. The Morgan fingerprint density at radius 2 is 1.48 bits per heavy atom. The number of piperazine rings is 1. The Morgan fingerprint density at radius 1 is 0.926 bits per heavy atom. The first-order valence-corrected chi connectivity index (χ1v) is 9.96. The van der Waals surface area contributed by atoms with Crippen molar-refractivity contribution in [3.8, 4) is 0 Å². The summed E-state index contributed by atoms with van der Waals surface area (Å²) < 4.78 is 0. The van der Waals surface area contributed by atoms with Gasteiger partial charge in [0, 0.05) is 45.1 Å². The molecule has 1 aromatic carbocycles. The summed E-state index contributed by atoms with van der Waals surface area (Å²) in [6.07, 6.45) is 2.31. The molecular formula is C21H27N3O3. The summed E-state index contributed by atoms with van der Waals surface area (Å²) in [6.45, 7) is 4.89. The lowest BCUT2D eigenvalue weighted by molar-refractivity contribution is -0.142. The van der Waals surface area contributed by atoms with Gasteiger partial charge in [-0.3, -0.25) is 14.4 Å². The third-order valence-electron chi connectivity index (χ3n) is 6.09. The fourth-order valence-corrected chi connectivity index (χ4v) is 4.18. The van der Waals surface area contributed by atoms with Crippen LogP contribution in [0.2, 0.25) is 0 Å². The van der Waals surface area contributed by atoms with Crippen molar-refractivity contribution in [2.24, 2.45) is 11.8 Å². The molecule has 27 heavy (non-hydrogen) atoms. The maximum atomic E-state index is 12.9. The highest BCUT2D eigenvalue weighted by atomic mass is 16.2. The number of rotatable bonds is 4. The van der Waals surface area contributed by atoms with E-state index >= 15 is 0 Å². The zero-order valence-corrected chi connectivity index (χ0v) is 15.8. The Hall–Kier alpha value is -2.37. The molecular weight excluding hydrogens is 342 g/mol. The summed E-state index contributed by atoms with van der Waals surface area (Å²) in [5.74, 6) is 0.319. The fraction of sp³-hybridized carbons (Fsp3) is 0.571. The van der Waals surface area contributed by atoms with Crippen molar-refractivity contribution in [1.29, 1.82) is 0 Å². The first-order valence-electron chi connectivity index (χ1n) is 9.96. The molecule has 2 saturated heterocycles. The second-order valence-corrected chi connectivity index (χ2v) is 7.96. The van der Waals surface area contributed by atoms with Crippen LogP contribution in [0.5, 0.6) is 0 Å². The third-order valence-corrected chi connectivity index (χ3v) is 6.09. The maximum absolute atomic E-state index is 12.9. The summed E-state index contributed by atoms with van der Waals surface area (Å²) >= 11 is 0. The molecule has 2 heterocycles. The van der Waals surface area contributed by atoms with E-state index in [0.29, 0.717) is 32.7 Å². The Morgan fingerprint density at radius 3 is 2.04 bits per heavy atom. The predicted octanol–water partition coefficient (Wildman–Crippen LogP) is 1.68. The second kappa shape index (κ2) is 7.33. The molecule has 0 spiro atoms. The summed E-state index contributed by atoms with van der Waals surface area (Å²) in [5, 5.41) is 0. The van der Waals surface area contributed by atoms with Crippen LogP contribution < -0.4 is 0 Å². The first-order chi connectivity index (χ1) is 13.0. The Labute approximate surface area is 160 Å². The van der Waals surface area contributed by atoms with E-state index in [1.54, 1.807) is 0 Å². The van der Waals surface area contributed by atoms with Crippen molar-refractivity contribution in [2.45, 2.75) is 32.2 Å². The zero-order chi connectivity index (χ0) is 19.0. The van der Waals surface area contributed by atoms with Crippen LogP contribution in [0.1, 0.15) is 37.8 Å². The lowest BCUT2D eigenvalue weighted by Gasteiger charge is -2.36. The van der Waals surface area contributed by atoms with E-state index in [2.05, 4.69) is 0 Å². The van der Waals surface area contributed by atoms with E-state index in [4.69, 9.17) is 0 Å². The van der Waals surface area contributed by atoms with Gasteiger partial charge in [0.25, 0.3) is 0 Å². The molecule has 1 aliphatic carbocycles. The highest BCUT2D eigenvalue weighted by molar-refractivity contribution is 5.89. The van der Waals surface area contributed by atoms with E-state index in [1.807, 2.05) is 52.0 Å². The average Bonchev–Trinajstić information content (AvgIpc) is 3.49. The van der Waals surface area contributed by atoms with E-state index in [-0.39, 0.29) is 42.0 Å². The van der Waals surface area contributed by atoms with Crippen molar-refractivity contribution < 1.29 is 14.4 Å². The van der Waals surface area contributed by atoms with Crippen LogP contribution in [0, 0.1) is 11.8 Å². The molecule has 2 atom stereocenters. The van der Waals surface area contributed by atoms with Crippen molar-refractivity contribution in [1.82, 2.24) is 14.7 Å².